The normalized spacial score (nSPS) is 21.2. The molecule has 2 amide bonds. The van der Waals surface area contributed by atoms with Crippen molar-refractivity contribution >= 4 is 23.5 Å². The van der Waals surface area contributed by atoms with Gasteiger partial charge < -0.3 is 20.1 Å². The van der Waals surface area contributed by atoms with E-state index in [9.17, 15) is 19.5 Å². The van der Waals surface area contributed by atoms with Gasteiger partial charge in [0.05, 0.1) is 11.6 Å². The summed E-state index contributed by atoms with van der Waals surface area (Å²) in [7, 11) is 0. The van der Waals surface area contributed by atoms with E-state index in [0.29, 0.717) is 23.5 Å². The molecule has 2 aliphatic rings. The number of carbonyl (C=O) groups is 3. The zero-order valence-corrected chi connectivity index (χ0v) is 14.4. The average Bonchev–Trinajstić information content (AvgIpc) is 3.13. The molecule has 1 saturated heterocycles. The summed E-state index contributed by atoms with van der Waals surface area (Å²) in [6, 6.07) is 14.2. The number of nitrogens with one attached hydrogen (secondary N) is 1. The fourth-order valence-electron chi connectivity index (χ4n) is 3.65. The predicted octanol–water partition coefficient (Wildman–Crippen LogP) is 1.96. The number of likely N-dealkylation sites (tertiary alicyclic amines) is 1. The average molecular weight is 366 g/mol. The van der Waals surface area contributed by atoms with E-state index in [1.165, 1.54) is 0 Å². The third-order valence-corrected chi connectivity index (χ3v) is 5.01. The van der Waals surface area contributed by atoms with Crippen molar-refractivity contribution < 1.29 is 24.2 Å². The molecule has 2 N–H and O–H groups in total. The second kappa shape index (κ2) is 6.75. The molecule has 2 aromatic rings. The minimum atomic E-state index is -0.907. The fraction of sp³-hybridized carbons (Fsp3) is 0.250. The first-order valence-corrected chi connectivity index (χ1v) is 8.66. The molecule has 0 saturated carbocycles. The Hall–Kier alpha value is -3.35. The number of carbonyl (C=O) groups excluding carboxylic acids is 2. The van der Waals surface area contributed by atoms with Gasteiger partial charge in [0.15, 0.2) is 6.61 Å². The molecular formula is C20H18N2O5. The lowest BCUT2D eigenvalue weighted by Gasteiger charge is -2.20. The summed E-state index contributed by atoms with van der Waals surface area (Å²) in [6.45, 7) is 0.405. The first kappa shape index (κ1) is 17.1. The van der Waals surface area contributed by atoms with Gasteiger partial charge in [-0.05, 0) is 23.8 Å². The van der Waals surface area contributed by atoms with Gasteiger partial charge in [-0.2, -0.15) is 0 Å². The number of fused-ring (bicyclic) bond motifs is 1. The van der Waals surface area contributed by atoms with Crippen LogP contribution in [0.4, 0.5) is 5.69 Å². The van der Waals surface area contributed by atoms with Crippen LogP contribution in [-0.2, 0) is 9.59 Å². The third kappa shape index (κ3) is 3.23. The molecule has 0 aromatic heterocycles. The van der Waals surface area contributed by atoms with E-state index in [1.807, 2.05) is 30.3 Å². The zero-order valence-electron chi connectivity index (χ0n) is 14.4. The number of ether oxygens (including phenoxy) is 1. The van der Waals surface area contributed by atoms with Gasteiger partial charge in [-0.25, -0.2) is 0 Å². The molecule has 0 spiro atoms. The molecular weight excluding hydrogens is 348 g/mol. The van der Waals surface area contributed by atoms with Crippen molar-refractivity contribution in [2.75, 3.05) is 25.0 Å². The maximum Gasteiger partial charge on any atom is 0.308 e. The Morgan fingerprint density at radius 1 is 1.11 bits per heavy atom. The molecule has 0 aliphatic carbocycles. The van der Waals surface area contributed by atoms with Crippen LogP contribution >= 0.6 is 0 Å². The Morgan fingerprint density at radius 3 is 2.63 bits per heavy atom. The number of carboxylic acids is 1. The Labute approximate surface area is 155 Å². The topological polar surface area (TPSA) is 95.9 Å². The first-order chi connectivity index (χ1) is 13.0. The van der Waals surface area contributed by atoms with Crippen LogP contribution in [0.25, 0.3) is 0 Å². The van der Waals surface area contributed by atoms with E-state index in [0.717, 1.165) is 5.56 Å². The number of hydrogen-bond donors (Lipinski definition) is 2. The molecule has 2 aromatic carbocycles. The summed E-state index contributed by atoms with van der Waals surface area (Å²) >= 11 is 0. The highest BCUT2D eigenvalue weighted by Crippen LogP contribution is 2.35. The van der Waals surface area contributed by atoms with Crippen molar-refractivity contribution in [2.45, 2.75) is 5.92 Å². The monoisotopic (exact) mass is 366 g/mol. The van der Waals surface area contributed by atoms with Gasteiger partial charge in [0.2, 0.25) is 0 Å². The lowest BCUT2D eigenvalue weighted by atomic mass is 9.89. The molecule has 7 heteroatoms. The van der Waals surface area contributed by atoms with Crippen LogP contribution in [0.2, 0.25) is 0 Å². The Balaban J connectivity index is 1.57. The second-order valence-corrected chi connectivity index (χ2v) is 6.72. The largest absolute Gasteiger partial charge is 0.482 e. The minimum Gasteiger partial charge on any atom is -0.482 e. The van der Waals surface area contributed by atoms with E-state index in [2.05, 4.69) is 5.32 Å². The van der Waals surface area contributed by atoms with E-state index in [1.54, 1.807) is 23.1 Å². The Kier molecular flexibility index (Phi) is 4.27. The van der Waals surface area contributed by atoms with Gasteiger partial charge in [0.1, 0.15) is 5.75 Å². The van der Waals surface area contributed by atoms with Crippen LogP contribution in [0.15, 0.2) is 48.5 Å². The molecule has 7 nitrogen and oxygen atoms in total. The van der Waals surface area contributed by atoms with Crippen molar-refractivity contribution in [2.24, 2.45) is 5.92 Å². The molecule has 2 heterocycles. The fourth-order valence-corrected chi connectivity index (χ4v) is 3.65. The standard InChI is InChI=1S/C20H18N2O5/c23-18-11-27-17-8-13(6-7-16(17)21-18)19(24)22-9-14(15(10-22)20(25)26)12-4-2-1-3-5-12/h1-8,14-15H,9-11H2,(H,21,23)(H,25,26)/t14-,15-/m1/s1. The van der Waals surface area contributed by atoms with Crippen LogP contribution in [0.3, 0.4) is 0 Å². The van der Waals surface area contributed by atoms with E-state index in [4.69, 9.17) is 4.74 Å². The van der Waals surface area contributed by atoms with Gasteiger partial charge in [-0.3, -0.25) is 14.4 Å². The number of aliphatic carboxylic acids is 1. The van der Waals surface area contributed by atoms with Crippen molar-refractivity contribution in [1.29, 1.82) is 0 Å². The molecule has 0 bridgehead atoms. The lowest BCUT2D eigenvalue weighted by Crippen LogP contribution is -2.30. The van der Waals surface area contributed by atoms with E-state index < -0.39 is 11.9 Å². The SMILES string of the molecule is O=C1COc2cc(C(=O)N3C[C@H](c4ccccc4)[C@H](C(=O)O)C3)ccc2N1. The molecule has 4 rings (SSSR count). The quantitative estimate of drug-likeness (QED) is 0.866. The smallest absolute Gasteiger partial charge is 0.308 e. The minimum absolute atomic E-state index is 0.0917. The van der Waals surface area contributed by atoms with E-state index >= 15 is 0 Å². The second-order valence-electron chi connectivity index (χ2n) is 6.72. The summed E-state index contributed by atoms with van der Waals surface area (Å²) in [5.41, 5.74) is 1.84. The van der Waals surface area contributed by atoms with Crippen molar-refractivity contribution in [3.05, 3.63) is 59.7 Å². The number of benzene rings is 2. The molecule has 2 aliphatic heterocycles. The molecule has 2 atom stereocenters. The lowest BCUT2D eigenvalue weighted by molar-refractivity contribution is -0.141. The van der Waals surface area contributed by atoms with Gasteiger partial charge in [-0.15, -0.1) is 0 Å². The van der Waals surface area contributed by atoms with Crippen molar-refractivity contribution in [1.82, 2.24) is 4.90 Å². The summed E-state index contributed by atoms with van der Waals surface area (Å²) < 4.78 is 5.36. The molecule has 27 heavy (non-hydrogen) atoms. The number of rotatable bonds is 3. The van der Waals surface area contributed by atoms with Gasteiger partial charge in [-0.1, -0.05) is 30.3 Å². The highest BCUT2D eigenvalue weighted by Gasteiger charge is 2.40. The number of hydrogen-bond acceptors (Lipinski definition) is 4. The Bertz CT molecular complexity index is 912. The molecule has 1 fully saturated rings. The third-order valence-electron chi connectivity index (χ3n) is 5.01. The molecule has 0 radical (unpaired) electrons. The summed E-state index contributed by atoms with van der Waals surface area (Å²) in [6.07, 6.45) is 0. The van der Waals surface area contributed by atoms with Crippen LogP contribution in [0.1, 0.15) is 21.8 Å². The van der Waals surface area contributed by atoms with Crippen LogP contribution < -0.4 is 10.1 Å². The predicted molar refractivity (Wildman–Crippen MR) is 96.8 cm³/mol. The number of carboxylic acid groups (broad SMARTS) is 1. The summed E-state index contributed by atoms with van der Waals surface area (Å²) in [5.74, 6) is -1.85. The highest BCUT2D eigenvalue weighted by molar-refractivity contribution is 5.99. The van der Waals surface area contributed by atoms with Crippen LogP contribution in [0, 0.1) is 5.92 Å². The number of nitrogens with zero attached hydrogens (tertiary/aromatic N) is 1. The zero-order chi connectivity index (χ0) is 19.0. The van der Waals surface area contributed by atoms with Crippen molar-refractivity contribution in [3.63, 3.8) is 0 Å². The number of anilines is 1. The summed E-state index contributed by atoms with van der Waals surface area (Å²) in [5, 5.41) is 12.3. The Morgan fingerprint density at radius 2 is 1.89 bits per heavy atom. The first-order valence-electron chi connectivity index (χ1n) is 8.66. The van der Waals surface area contributed by atoms with Crippen LogP contribution in [0.5, 0.6) is 5.75 Å². The van der Waals surface area contributed by atoms with Gasteiger partial charge >= 0.3 is 5.97 Å². The molecule has 0 unspecified atom stereocenters. The maximum atomic E-state index is 12.9. The number of amides is 2. The van der Waals surface area contributed by atoms with E-state index in [-0.39, 0.29) is 30.9 Å². The van der Waals surface area contributed by atoms with Gasteiger partial charge in [0, 0.05) is 24.6 Å². The van der Waals surface area contributed by atoms with Gasteiger partial charge in [0.25, 0.3) is 11.8 Å². The molecule has 138 valence electrons. The highest BCUT2D eigenvalue weighted by atomic mass is 16.5. The van der Waals surface area contributed by atoms with Crippen LogP contribution in [-0.4, -0.2) is 47.5 Å². The summed E-state index contributed by atoms with van der Waals surface area (Å²) in [4.78, 5) is 37.6. The maximum absolute atomic E-state index is 12.9. The van der Waals surface area contributed by atoms with Crippen molar-refractivity contribution in [3.8, 4) is 5.75 Å².